The molecule has 2 aromatic rings. The molecule has 0 fully saturated rings. The van der Waals surface area contributed by atoms with Crippen LogP contribution in [0.15, 0.2) is 36.4 Å². The van der Waals surface area contributed by atoms with Gasteiger partial charge in [-0.2, -0.15) is 11.8 Å². The summed E-state index contributed by atoms with van der Waals surface area (Å²) >= 11 is 7.49. The van der Waals surface area contributed by atoms with Crippen LogP contribution in [0.3, 0.4) is 0 Å². The monoisotopic (exact) mass is 381 g/mol. The highest BCUT2D eigenvalue weighted by molar-refractivity contribution is 7.98. The molecule has 0 bridgehead atoms. The van der Waals surface area contributed by atoms with E-state index in [-0.39, 0.29) is 18.3 Å². The Morgan fingerprint density at radius 2 is 2.08 bits per heavy atom. The van der Waals surface area contributed by atoms with Gasteiger partial charge in [0.05, 0.1) is 0 Å². The molecule has 2 aromatic carbocycles. The van der Waals surface area contributed by atoms with Gasteiger partial charge in [0.25, 0.3) is 5.91 Å². The van der Waals surface area contributed by atoms with E-state index in [9.17, 15) is 9.18 Å². The van der Waals surface area contributed by atoms with Crippen LogP contribution in [0.2, 0.25) is 5.02 Å². The van der Waals surface area contributed by atoms with Gasteiger partial charge in [0.15, 0.2) is 6.61 Å². The maximum atomic E-state index is 13.6. The zero-order valence-electron chi connectivity index (χ0n) is 14.3. The number of nitrogens with one attached hydrogen (secondary N) is 1. The van der Waals surface area contributed by atoms with Gasteiger partial charge in [-0.25, -0.2) is 4.39 Å². The zero-order valence-corrected chi connectivity index (χ0v) is 15.8. The Hall–Kier alpha value is -1.72. The van der Waals surface area contributed by atoms with Crippen LogP contribution in [0, 0.1) is 19.7 Å². The second-order valence-corrected chi connectivity index (χ2v) is 7.17. The third kappa shape index (κ3) is 6.25. The van der Waals surface area contributed by atoms with Crippen LogP contribution in [0.1, 0.15) is 16.7 Å². The summed E-state index contributed by atoms with van der Waals surface area (Å²) in [6, 6.07) is 10.5. The summed E-state index contributed by atoms with van der Waals surface area (Å²) in [5.74, 6) is 1.38. The third-order valence-electron chi connectivity index (χ3n) is 3.58. The number of carbonyl (C=O) groups is 1. The maximum absolute atomic E-state index is 13.6. The average molecular weight is 382 g/mol. The van der Waals surface area contributed by atoms with Crippen LogP contribution in [-0.4, -0.2) is 24.8 Å². The van der Waals surface area contributed by atoms with E-state index in [1.807, 2.05) is 32.0 Å². The van der Waals surface area contributed by atoms with Gasteiger partial charge < -0.3 is 10.1 Å². The highest BCUT2D eigenvalue weighted by Gasteiger charge is 2.07. The van der Waals surface area contributed by atoms with E-state index in [4.69, 9.17) is 16.3 Å². The first-order chi connectivity index (χ1) is 12.0. The van der Waals surface area contributed by atoms with Gasteiger partial charge in [0.2, 0.25) is 0 Å². The molecule has 0 aliphatic heterocycles. The summed E-state index contributed by atoms with van der Waals surface area (Å²) in [5.41, 5.74) is 2.58. The second kappa shape index (κ2) is 9.68. The minimum absolute atomic E-state index is 0.0197. The van der Waals surface area contributed by atoms with E-state index in [1.165, 1.54) is 17.8 Å². The van der Waals surface area contributed by atoms with E-state index in [1.54, 1.807) is 12.1 Å². The minimum atomic E-state index is -0.300. The Balaban J connectivity index is 1.66. The first-order valence-corrected chi connectivity index (χ1v) is 9.48. The molecule has 0 spiro atoms. The SMILES string of the molecule is Cc1ccc(C)c(OCC(=O)NCCSCc2c(F)cccc2Cl)c1. The normalized spacial score (nSPS) is 10.6. The summed E-state index contributed by atoms with van der Waals surface area (Å²) in [6.45, 7) is 4.39. The van der Waals surface area contributed by atoms with E-state index < -0.39 is 0 Å². The molecular weight excluding hydrogens is 361 g/mol. The van der Waals surface area contributed by atoms with Crippen LogP contribution in [0.5, 0.6) is 5.75 Å². The molecule has 1 N–H and O–H groups in total. The first-order valence-electron chi connectivity index (χ1n) is 7.94. The van der Waals surface area contributed by atoms with Gasteiger partial charge in [-0.1, -0.05) is 29.8 Å². The lowest BCUT2D eigenvalue weighted by molar-refractivity contribution is -0.122. The average Bonchev–Trinajstić information content (AvgIpc) is 2.57. The van der Waals surface area contributed by atoms with Crippen molar-refractivity contribution >= 4 is 29.3 Å². The van der Waals surface area contributed by atoms with Crippen LogP contribution < -0.4 is 10.1 Å². The summed E-state index contributed by atoms with van der Waals surface area (Å²) < 4.78 is 19.2. The number of ether oxygens (including phenoxy) is 1. The fraction of sp³-hybridized carbons (Fsp3) is 0.316. The highest BCUT2D eigenvalue weighted by atomic mass is 35.5. The van der Waals surface area contributed by atoms with Crippen LogP contribution >= 0.6 is 23.4 Å². The van der Waals surface area contributed by atoms with Gasteiger partial charge in [-0.05, 0) is 43.2 Å². The van der Waals surface area contributed by atoms with Gasteiger partial charge in [-0.3, -0.25) is 4.79 Å². The zero-order chi connectivity index (χ0) is 18.2. The lowest BCUT2D eigenvalue weighted by Crippen LogP contribution is -2.30. The number of aryl methyl sites for hydroxylation is 2. The molecule has 6 heteroatoms. The van der Waals surface area contributed by atoms with Crippen molar-refractivity contribution in [1.29, 1.82) is 0 Å². The molecule has 0 heterocycles. The predicted molar refractivity (Wildman–Crippen MR) is 102 cm³/mol. The molecule has 0 radical (unpaired) electrons. The van der Waals surface area contributed by atoms with Crippen molar-refractivity contribution in [2.75, 3.05) is 18.9 Å². The Morgan fingerprint density at radius 1 is 1.28 bits per heavy atom. The van der Waals surface area contributed by atoms with E-state index in [0.29, 0.717) is 28.6 Å². The smallest absolute Gasteiger partial charge is 0.257 e. The van der Waals surface area contributed by atoms with Gasteiger partial charge in [0.1, 0.15) is 11.6 Å². The van der Waals surface area contributed by atoms with Crippen molar-refractivity contribution in [3.8, 4) is 5.75 Å². The lowest BCUT2D eigenvalue weighted by Gasteiger charge is -2.10. The molecule has 1 amide bonds. The molecule has 134 valence electrons. The molecular formula is C19H21ClFNO2S. The molecule has 2 rings (SSSR count). The third-order valence-corrected chi connectivity index (χ3v) is 4.92. The van der Waals surface area contributed by atoms with Crippen molar-refractivity contribution in [1.82, 2.24) is 5.32 Å². The number of hydrogen-bond acceptors (Lipinski definition) is 3. The molecule has 0 aliphatic carbocycles. The number of rotatable bonds is 8. The summed E-state index contributed by atoms with van der Waals surface area (Å²) in [6.07, 6.45) is 0. The Bertz CT molecular complexity index is 719. The largest absolute Gasteiger partial charge is 0.483 e. The second-order valence-electron chi connectivity index (χ2n) is 5.66. The number of amides is 1. The summed E-state index contributed by atoms with van der Waals surface area (Å²) in [7, 11) is 0. The first kappa shape index (κ1) is 19.6. The van der Waals surface area contributed by atoms with Crippen molar-refractivity contribution in [2.24, 2.45) is 0 Å². The Morgan fingerprint density at radius 3 is 2.84 bits per heavy atom. The molecule has 0 atom stereocenters. The number of thioether (sulfide) groups is 1. The Kier molecular flexibility index (Phi) is 7.59. The molecule has 0 aromatic heterocycles. The quantitative estimate of drug-likeness (QED) is 0.683. The minimum Gasteiger partial charge on any atom is -0.483 e. The predicted octanol–water partition coefficient (Wildman–Crippen LogP) is 4.52. The van der Waals surface area contributed by atoms with Crippen molar-refractivity contribution in [3.05, 3.63) is 63.9 Å². The van der Waals surface area contributed by atoms with E-state index in [2.05, 4.69) is 5.32 Å². The summed E-state index contributed by atoms with van der Waals surface area (Å²) in [5, 5.41) is 3.22. The Labute approximate surface area is 156 Å². The molecule has 0 saturated carbocycles. The lowest BCUT2D eigenvalue weighted by atomic mass is 10.1. The number of halogens is 2. The van der Waals surface area contributed by atoms with Crippen molar-refractivity contribution < 1.29 is 13.9 Å². The van der Waals surface area contributed by atoms with Crippen LogP contribution in [0.4, 0.5) is 4.39 Å². The van der Waals surface area contributed by atoms with Crippen molar-refractivity contribution in [2.45, 2.75) is 19.6 Å². The fourth-order valence-corrected chi connectivity index (χ4v) is 3.36. The van der Waals surface area contributed by atoms with Crippen LogP contribution in [0.25, 0.3) is 0 Å². The van der Waals surface area contributed by atoms with Gasteiger partial charge in [0, 0.05) is 28.6 Å². The topological polar surface area (TPSA) is 38.3 Å². The summed E-state index contributed by atoms with van der Waals surface area (Å²) in [4.78, 5) is 11.8. The van der Waals surface area contributed by atoms with Gasteiger partial charge in [-0.15, -0.1) is 0 Å². The standard InChI is InChI=1S/C19H21ClFNO2S/c1-13-6-7-14(2)18(10-13)24-11-19(23)22-8-9-25-12-15-16(20)4-3-5-17(15)21/h3-7,10H,8-9,11-12H2,1-2H3,(H,22,23). The number of hydrogen-bond donors (Lipinski definition) is 1. The number of carbonyl (C=O) groups excluding carboxylic acids is 1. The van der Waals surface area contributed by atoms with E-state index >= 15 is 0 Å². The molecule has 3 nitrogen and oxygen atoms in total. The fourth-order valence-electron chi connectivity index (χ4n) is 2.16. The maximum Gasteiger partial charge on any atom is 0.257 e. The van der Waals surface area contributed by atoms with E-state index in [0.717, 1.165) is 16.9 Å². The van der Waals surface area contributed by atoms with Crippen molar-refractivity contribution in [3.63, 3.8) is 0 Å². The molecule has 25 heavy (non-hydrogen) atoms. The highest BCUT2D eigenvalue weighted by Crippen LogP contribution is 2.23. The van der Waals surface area contributed by atoms with Gasteiger partial charge >= 0.3 is 0 Å². The molecule has 0 aliphatic rings. The number of benzene rings is 2. The molecule has 0 saturated heterocycles. The van der Waals surface area contributed by atoms with Crippen LogP contribution in [-0.2, 0) is 10.5 Å². The molecule has 0 unspecified atom stereocenters.